The molecule has 1 unspecified atom stereocenters. The summed E-state index contributed by atoms with van der Waals surface area (Å²) in [5.41, 5.74) is -0.374. The van der Waals surface area contributed by atoms with E-state index in [-0.39, 0.29) is 12.2 Å². The lowest BCUT2D eigenvalue weighted by Gasteiger charge is -2.15. The Morgan fingerprint density at radius 1 is 1.39 bits per heavy atom. The lowest BCUT2D eigenvalue weighted by atomic mass is 10.2. The molecule has 0 spiro atoms. The van der Waals surface area contributed by atoms with Crippen molar-refractivity contribution in [1.82, 2.24) is 5.32 Å². The molecule has 1 aromatic carbocycles. The van der Waals surface area contributed by atoms with Crippen molar-refractivity contribution in [2.75, 3.05) is 20.3 Å². The molecule has 0 bridgehead atoms. The molecule has 100 valence electrons. The molecule has 7 heteroatoms. The number of hydrogen-bond donors (Lipinski definition) is 2. The minimum atomic E-state index is -1.64. The van der Waals surface area contributed by atoms with E-state index in [0.29, 0.717) is 12.1 Å². The van der Waals surface area contributed by atoms with Gasteiger partial charge in [-0.25, -0.2) is 13.2 Å². The zero-order valence-corrected chi connectivity index (χ0v) is 9.54. The zero-order chi connectivity index (χ0) is 13.7. The van der Waals surface area contributed by atoms with Crippen LogP contribution in [0.3, 0.4) is 0 Å². The summed E-state index contributed by atoms with van der Waals surface area (Å²) in [7, 11) is 1.37. The Labute approximate surface area is 101 Å². The number of hydrogen-bond acceptors (Lipinski definition) is 3. The predicted octanol–water partition coefficient (Wildman–Crippen LogP) is 0.841. The zero-order valence-electron chi connectivity index (χ0n) is 9.54. The van der Waals surface area contributed by atoms with Gasteiger partial charge in [0.25, 0.3) is 5.91 Å². The SMILES string of the molecule is COCC(CO)NC(=O)c1cc(F)c(F)c(F)c1. The maximum absolute atomic E-state index is 12.9. The highest BCUT2D eigenvalue weighted by Gasteiger charge is 2.17. The molecule has 0 heterocycles. The number of aliphatic hydroxyl groups is 1. The van der Waals surface area contributed by atoms with Crippen LogP contribution in [0, 0.1) is 17.5 Å². The van der Waals surface area contributed by atoms with Crippen molar-refractivity contribution in [1.29, 1.82) is 0 Å². The Kier molecular flexibility index (Phi) is 5.11. The molecule has 0 aliphatic rings. The van der Waals surface area contributed by atoms with Crippen LogP contribution in [0.1, 0.15) is 10.4 Å². The number of amides is 1. The molecule has 0 saturated heterocycles. The average Bonchev–Trinajstić information content (AvgIpc) is 2.34. The van der Waals surface area contributed by atoms with Crippen LogP contribution in [-0.2, 0) is 4.74 Å². The van der Waals surface area contributed by atoms with Gasteiger partial charge in [-0.1, -0.05) is 0 Å². The highest BCUT2D eigenvalue weighted by Crippen LogP contribution is 2.13. The van der Waals surface area contributed by atoms with Crippen LogP contribution >= 0.6 is 0 Å². The Hall–Kier alpha value is -1.60. The first-order valence-corrected chi connectivity index (χ1v) is 5.04. The first kappa shape index (κ1) is 14.5. The van der Waals surface area contributed by atoms with Crippen molar-refractivity contribution in [3.8, 4) is 0 Å². The van der Waals surface area contributed by atoms with Crippen molar-refractivity contribution in [3.05, 3.63) is 35.1 Å². The van der Waals surface area contributed by atoms with Crippen molar-refractivity contribution in [3.63, 3.8) is 0 Å². The van der Waals surface area contributed by atoms with E-state index in [2.05, 4.69) is 5.32 Å². The number of nitrogens with one attached hydrogen (secondary N) is 1. The number of carbonyl (C=O) groups excluding carboxylic acids is 1. The molecule has 0 fully saturated rings. The fourth-order valence-electron chi connectivity index (χ4n) is 1.30. The van der Waals surface area contributed by atoms with Gasteiger partial charge in [0.15, 0.2) is 17.5 Å². The minimum absolute atomic E-state index is 0.0361. The molecule has 0 saturated carbocycles. The van der Waals surface area contributed by atoms with Gasteiger partial charge in [-0.15, -0.1) is 0 Å². The second-order valence-electron chi connectivity index (χ2n) is 3.56. The summed E-state index contributed by atoms with van der Waals surface area (Å²) in [5.74, 6) is -5.37. The summed E-state index contributed by atoms with van der Waals surface area (Å²) in [6.45, 7) is -0.361. The second kappa shape index (κ2) is 6.36. The summed E-state index contributed by atoms with van der Waals surface area (Å²) in [6, 6.07) is 0.447. The molecule has 4 nitrogen and oxygen atoms in total. The van der Waals surface area contributed by atoms with Gasteiger partial charge in [-0.2, -0.15) is 0 Å². The predicted molar refractivity (Wildman–Crippen MR) is 56.5 cm³/mol. The number of benzene rings is 1. The van der Waals surface area contributed by atoms with Crippen LogP contribution < -0.4 is 5.32 Å². The van der Waals surface area contributed by atoms with E-state index < -0.39 is 36.0 Å². The first-order chi connectivity index (χ1) is 8.49. The number of carbonyl (C=O) groups is 1. The van der Waals surface area contributed by atoms with E-state index in [1.165, 1.54) is 7.11 Å². The normalized spacial score (nSPS) is 12.3. The van der Waals surface area contributed by atoms with Crippen LogP contribution in [0.2, 0.25) is 0 Å². The third-order valence-corrected chi connectivity index (χ3v) is 2.17. The van der Waals surface area contributed by atoms with Gasteiger partial charge in [-0.3, -0.25) is 4.79 Å². The Morgan fingerprint density at radius 2 is 1.94 bits per heavy atom. The summed E-state index contributed by atoms with van der Waals surface area (Å²) >= 11 is 0. The standard InChI is InChI=1S/C11H12F3NO3/c1-18-5-7(4-16)15-11(17)6-2-8(12)10(14)9(13)3-6/h2-3,7,16H,4-5H2,1H3,(H,15,17). The fraction of sp³-hybridized carbons (Fsp3) is 0.364. The van der Waals surface area contributed by atoms with Crippen molar-refractivity contribution in [2.45, 2.75) is 6.04 Å². The van der Waals surface area contributed by atoms with Crippen molar-refractivity contribution < 1.29 is 27.8 Å². The molecule has 18 heavy (non-hydrogen) atoms. The number of halogens is 3. The summed E-state index contributed by atoms with van der Waals surface area (Å²) in [4.78, 5) is 11.6. The molecule has 0 aromatic heterocycles. The van der Waals surface area contributed by atoms with E-state index in [1.54, 1.807) is 0 Å². The molecule has 1 amide bonds. The monoisotopic (exact) mass is 263 g/mol. The molecule has 0 radical (unpaired) electrons. The maximum atomic E-state index is 12.9. The van der Waals surface area contributed by atoms with Crippen LogP contribution in [-0.4, -0.2) is 37.4 Å². The molecule has 1 aromatic rings. The smallest absolute Gasteiger partial charge is 0.251 e. The third-order valence-electron chi connectivity index (χ3n) is 2.17. The molecular weight excluding hydrogens is 251 g/mol. The van der Waals surface area contributed by atoms with Gasteiger partial charge in [-0.05, 0) is 12.1 Å². The minimum Gasteiger partial charge on any atom is -0.394 e. The molecule has 1 rings (SSSR count). The first-order valence-electron chi connectivity index (χ1n) is 5.04. The summed E-state index contributed by atoms with van der Waals surface area (Å²) in [5, 5.41) is 11.2. The van der Waals surface area contributed by atoms with Gasteiger partial charge < -0.3 is 15.2 Å². The topological polar surface area (TPSA) is 58.6 Å². The van der Waals surface area contributed by atoms with Crippen molar-refractivity contribution >= 4 is 5.91 Å². The highest BCUT2D eigenvalue weighted by molar-refractivity contribution is 5.94. The number of rotatable bonds is 5. The molecular formula is C11H12F3NO3. The Morgan fingerprint density at radius 3 is 2.39 bits per heavy atom. The summed E-state index contributed by atoms with van der Waals surface area (Å²) in [6.07, 6.45) is 0. The van der Waals surface area contributed by atoms with Crippen LogP contribution in [0.15, 0.2) is 12.1 Å². The lowest BCUT2D eigenvalue weighted by Crippen LogP contribution is -2.40. The van der Waals surface area contributed by atoms with E-state index in [0.717, 1.165) is 0 Å². The second-order valence-corrected chi connectivity index (χ2v) is 3.56. The number of ether oxygens (including phenoxy) is 1. The van der Waals surface area contributed by atoms with Gasteiger partial charge >= 0.3 is 0 Å². The van der Waals surface area contributed by atoms with E-state index in [4.69, 9.17) is 9.84 Å². The van der Waals surface area contributed by atoms with E-state index in [9.17, 15) is 18.0 Å². The number of methoxy groups -OCH3 is 1. The van der Waals surface area contributed by atoms with Gasteiger partial charge in [0.1, 0.15) is 0 Å². The van der Waals surface area contributed by atoms with Gasteiger partial charge in [0.2, 0.25) is 0 Å². The van der Waals surface area contributed by atoms with Crippen LogP contribution in [0.25, 0.3) is 0 Å². The Bertz CT molecular complexity index is 417. The van der Waals surface area contributed by atoms with Gasteiger partial charge in [0, 0.05) is 12.7 Å². The number of aliphatic hydroxyl groups excluding tert-OH is 1. The van der Waals surface area contributed by atoms with E-state index in [1.807, 2.05) is 0 Å². The third kappa shape index (κ3) is 3.44. The Balaban J connectivity index is 2.84. The lowest BCUT2D eigenvalue weighted by molar-refractivity contribution is 0.0838. The van der Waals surface area contributed by atoms with Crippen LogP contribution in [0.5, 0.6) is 0 Å². The quantitative estimate of drug-likeness (QED) is 0.774. The van der Waals surface area contributed by atoms with Gasteiger partial charge in [0.05, 0.1) is 19.3 Å². The highest BCUT2D eigenvalue weighted by atomic mass is 19.2. The molecule has 2 N–H and O–H groups in total. The molecule has 1 atom stereocenters. The molecule has 0 aliphatic carbocycles. The van der Waals surface area contributed by atoms with E-state index >= 15 is 0 Å². The fourth-order valence-corrected chi connectivity index (χ4v) is 1.30. The van der Waals surface area contributed by atoms with Crippen LogP contribution in [0.4, 0.5) is 13.2 Å². The average molecular weight is 263 g/mol. The molecule has 0 aliphatic heterocycles. The van der Waals surface area contributed by atoms with Crippen molar-refractivity contribution in [2.24, 2.45) is 0 Å². The summed E-state index contributed by atoms with van der Waals surface area (Å²) < 4.78 is 43.2. The maximum Gasteiger partial charge on any atom is 0.251 e. The largest absolute Gasteiger partial charge is 0.394 e.